The fourth-order valence-electron chi connectivity index (χ4n) is 2.92. The van der Waals surface area contributed by atoms with Gasteiger partial charge in [0.1, 0.15) is 0 Å². The van der Waals surface area contributed by atoms with Crippen molar-refractivity contribution in [2.75, 3.05) is 36.0 Å². The minimum absolute atomic E-state index is 0.0362. The van der Waals surface area contributed by atoms with Crippen molar-refractivity contribution in [2.24, 2.45) is 5.14 Å². The van der Waals surface area contributed by atoms with Gasteiger partial charge in [0.25, 0.3) is 0 Å². The van der Waals surface area contributed by atoms with E-state index in [4.69, 9.17) is 5.14 Å². The summed E-state index contributed by atoms with van der Waals surface area (Å²) in [7, 11) is -4.21. The molecule has 0 unspecified atom stereocenters. The van der Waals surface area contributed by atoms with Gasteiger partial charge in [-0.05, 0) is 24.6 Å². The monoisotopic (exact) mass is 406 g/mol. The number of thiazole rings is 1. The van der Waals surface area contributed by atoms with Crippen LogP contribution in [0.15, 0.2) is 34.7 Å². The molecule has 1 fully saturated rings. The van der Waals surface area contributed by atoms with Crippen LogP contribution in [-0.4, -0.2) is 39.6 Å². The molecule has 26 heavy (non-hydrogen) atoms. The number of alkyl halides is 3. The number of sulfonamides is 1. The van der Waals surface area contributed by atoms with Gasteiger partial charge in [-0.3, -0.25) is 0 Å². The van der Waals surface area contributed by atoms with Crippen molar-refractivity contribution < 1.29 is 21.6 Å². The third kappa shape index (κ3) is 4.10. The van der Waals surface area contributed by atoms with Gasteiger partial charge in [0.05, 0.1) is 10.5 Å². The standard InChI is InChI=1S/C15H17F3N4O2S2/c16-15(17,18)12-10-11(26(19,23)24)2-3-13(12)21-5-1-6-22(8-7-21)14-20-4-9-25-14/h2-4,9-10H,1,5-8H2,(H2,19,23,24). The minimum Gasteiger partial charge on any atom is -0.369 e. The molecule has 0 spiro atoms. The van der Waals surface area contributed by atoms with Crippen molar-refractivity contribution in [1.82, 2.24) is 4.98 Å². The molecule has 142 valence electrons. The molecule has 0 radical (unpaired) electrons. The zero-order valence-corrected chi connectivity index (χ0v) is 15.2. The van der Waals surface area contributed by atoms with Crippen LogP contribution in [0.1, 0.15) is 12.0 Å². The highest BCUT2D eigenvalue weighted by molar-refractivity contribution is 7.89. The number of benzene rings is 1. The molecule has 0 atom stereocenters. The number of nitrogens with two attached hydrogens (primary N) is 1. The molecule has 0 amide bonds. The van der Waals surface area contributed by atoms with Crippen LogP contribution in [0.3, 0.4) is 0 Å². The molecule has 1 aromatic carbocycles. The van der Waals surface area contributed by atoms with Gasteiger partial charge in [0, 0.05) is 43.4 Å². The first-order valence-electron chi connectivity index (χ1n) is 7.80. The van der Waals surface area contributed by atoms with Gasteiger partial charge in [-0.25, -0.2) is 18.5 Å². The van der Waals surface area contributed by atoms with Crippen molar-refractivity contribution in [3.8, 4) is 0 Å². The molecule has 2 aromatic rings. The lowest BCUT2D eigenvalue weighted by molar-refractivity contribution is -0.137. The number of hydrogen-bond acceptors (Lipinski definition) is 6. The second-order valence-corrected chi connectivity index (χ2v) is 8.30. The average molecular weight is 406 g/mol. The van der Waals surface area contributed by atoms with Gasteiger partial charge in [-0.2, -0.15) is 13.2 Å². The number of hydrogen-bond donors (Lipinski definition) is 1. The van der Waals surface area contributed by atoms with E-state index in [0.717, 1.165) is 11.2 Å². The largest absolute Gasteiger partial charge is 0.418 e. The van der Waals surface area contributed by atoms with E-state index in [9.17, 15) is 21.6 Å². The molecular weight excluding hydrogens is 389 g/mol. The van der Waals surface area contributed by atoms with Crippen LogP contribution < -0.4 is 14.9 Å². The van der Waals surface area contributed by atoms with E-state index in [2.05, 4.69) is 4.98 Å². The van der Waals surface area contributed by atoms with E-state index in [1.54, 1.807) is 11.1 Å². The zero-order valence-electron chi connectivity index (χ0n) is 13.6. The highest BCUT2D eigenvalue weighted by atomic mass is 32.2. The summed E-state index contributed by atoms with van der Waals surface area (Å²) in [4.78, 5) is 7.36. The van der Waals surface area contributed by atoms with Crippen LogP contribution in [-0.2, 0) is 16.2 Å². The van der Waals surface area contributed by atoms with Crippen molar-refractivity contribution in [1.29, 1.82) is 0 Å². The van der Waals surface area contributed by atoms with Crippen molar-refractivity contribution >= 4 is 32.2 Å². The van der Waals surface area contributed by atoms with Crippen molar-refractivity contribution in [2.45, 2.75) is 17.5 Å². The molecule has 11 heteroatoms. The molecule has 1 aliphatic heterocycles. The molecule has 1 aliphatic rings. The summed E-state index contributed by atoms with van der Waals surface area (Å²) >= 11 is 1.48. The zero-order chi connectivity index (χ0) is 18.9. The Hall–Kier alpha value is -1.85. The third-order valence-electron chi connectivity index (χ3n) is 4.13. The molecule has 3 rings (SSSR count). The van der Waals surface area contributed by atoms with E-state index in [0.29, 0.717) is 38.7 Å². The van der Waals surface area contributed by atoms with Crippen LogP contribution in [0.4, 0.5) is 24.0 Å². The Morgan fingerprint density at radius 1 is 1.12 bits per heavy atom. The highest BCUT2D eigenvalue weighted by Crippen LogP contribution is 2.38. The smallest absolute Gasteiger partial charge is 0.369 e. The Bertz CT molecular complexity index is 870. The Kier molecular flexibility index (Phi) is 5.13. The normalized spacial score (nSPS) is 16.6. The topological polar surface area (TPSA) is 79.5 Å². The van der Waals surface area contributed by atoms with Crippen LogP contribution >= 0.6 is 11.3 Å². The van der Waals surface area contributed by atoms with Gasteiger partial charge in [0.15, 0.2) is 5.13 Å². The van der Waals surface area contributed by atoms with Gasteiger partial charge in [0.2, 0.25) is 10.0 Å². The van der Waals surface area contributed by atoms with Crippen molar-refractivity contribution in [3.63, 3.8) is 0 Å². The number of anilines is 2. The lowest BCUT2D eigenvalue weighted by atomic mass is 10.1. The van der Waals surface area contributed by atoms with Crippen LogP contribution in [0.5, 0.6) is 0 Å². The second kappa shape index (κ2) is 7.05. The first-order valence-corrected chi connectivity index (χ1v) is 10.2. The summed E-state index contributed by atoms with van der Waals surface area (Å²) in [6.45, 7) is 2.03. The fourth-order valence-corrected chi connectivity index (χ4v) is 4.15. The summed E-state index contributed by atoms with van der Waals surface area (Å²) in [5, 5.41) is 7.67. The van der Waals surface area contributed by atoms with E-state index in [1.165, 1.54) is 17.4 Å². The van der Waals surface area contributed by atoms with E-state index >= 15 is 0 Å². The number of nitrogens with zero attached hydrogens (tertiary/aromatic N) is 3. The second-order valence-electron chi connectivity index (χ2n) is 5.86. The quantitative estimate of drug-likeness (QED) is 0.847. The Labute approximate surface area is 153 Å². The molecule has 0 bridgehead atoms. The first kappa shape index (κ1) is 18.9. The van der Waals surface area contributed by atoms with E-state index in [1.807, 2.05) is 10.3 Å². The Morgan fingerprint density at radius 2 is 1.81 bits per heavy atom. The maximum Gasteiger partial charge on any atom is 0.418 e. The van der Waals surface area contributed by atoms with Crippen LogP contribution in [0.2, 0.25) is 0 Å². The highest BCUT2D eigenvalue weighted by Gasteiger charge is 2.36. The first-order chi connectivity index (χ1) is 12.2. The summed E-state index contributed by atoms with van der Waals surface area (Å²) in [5.74, 6) is 0. The van der Waals surface area contributed by atoms with Gasteiger partial charge in [-0.1, -0.05) is 0 Å². The Balaban J connectivity index is 1.91. The average Bonchev–Trinajstić information content (AvgIpc) is 2.97. The number of primary sulfonamides is 1. The maximum atomic E-state index is 13.5. The third-order valence-corrected chi connectivity index (χ3v) is 5.87. The molecule has 0 saturated carbocycles. The molecule has 6 nitrogen and oxygen atoms in total. The van der Waals surface area contributed by atoms with Crippen molar-refractivity contribution in [3.05, 3.63) is 35.3 Å². The predicted octanol–water partition coefficient (Wildman–Crippen LogP) is 2.53. The van der Waals surface area contributed by atoms with Gasteiger partial charge < -0.3 is 9.80 Å². The number of rotatable bonds is 3. The van der Waals surface area contributed by atoms with E-state index < -0.39 is 26.7 Å². The lowest BCUT2D eigenvalue weighted by Crippen LogP contribution is -2.32. The maximum absolute atomic E-state index is 13.5. The molecule has 1 aromatic heterocycles. The van der Waals surface area contributed by atoms with Gasteiger partial charge >= 0.3 is 6.18 Å². The number of aromatic nitrogens is 1. The summed E-state index contributed by atoms with van der Waals surface area (Å²) in [6.07, 6.45) is -2.33. The lowest BCUT2D eigenvalue weighted by Gasteiger charge is -2.27. The molecular formula is C15H17F3N4O2S2. The number of halogens is 3. The van der Waals surface area contributed by atoms with Gasteiger partial charge in [-0.15, -0.1) is 11.3 Å². The minimum atomic E-state index is -4.68. The molecule has 2 N–H and O–H groups in total. The molecule has 2 heterocycles. The van der Waals surface area contributed by atoms with Crippen LogP contribution in [0.25, 0.3) is 0 Å². The molecule has 0 aliphatic carbocycles. The summed E-state index contributed by atoms with van der Waals surface area (Å²) in [6, 6.07) is 2.90. The summed E-state index contributed by atoms with van der Waals surface area (Å²) < 4.78 is 63.3. The SMILES string of the molecule is NS(=O)(=O)c1ccc(N2CCCN(c3nccs3)CC2)c(C(F)(F)F)c1. The van der Waals surface area contributed by atoms with Crippen LogP contribution in [0, 0.1) is 0 Å². The van der Waals surface area contributed by atoms with E-state index in [-0.39, 0.29) is 5.69 Å². The Morgan fingerprint density at radius 3 is 2.42 bits per heavy atom. The molecule has 1 saturated heterocycles. The summed E-state index contributed by atoms with van der Waals surface area (Å²) in [5.41, 5.74) is -1.03. The fraction of sp³-hybridized carbons (Fsp3) is 0.400. The predicted molar refractivity (Wildman–Crippen MR) is 94.0 cm³/mol.